The van der Waals surface area contributed by atoms with Gasteiger partial charge in [-0.15, -0.1) is 14.5 Å². The standard InChI is InChI=1S/C6H9N3O3/c1-4-7-8(5(2)10)6(11)9(4)12-3/h1-3H3. The van der Waals surface area contributed by atoms with Crippen molar-refractivity contribution < 1.29 is 9.63 Å². The minimum atomic E-state index is -0.581. The predicted octanol–water partition coefficient (Wildman–Crippen LogP) is -0.928. The Hall–Kier alpha value is -1.59. The molecular weight excluding hydrogens is 162 g/mol. The van der Waals surface area contributed by atoms with Crippen molar-refractivity contribution in [2.75, 3.05) is 7.11 Å². The molecule has 0 aromatic carbocycles. The van der Waals surface area contributed by atoms with Crippen molar-refractivity contribution in [2.45, 2.75) is 13.8 Å². The molecule has 0 spiro atoms. The molecule has 0 radical (unpaired) electrons. The van der Waals surface area contributed by atoms with Crippen molar-refractivity contribution in [3.05, 3.63) is 16.3 Å². The zero-order valence-corrected chi connectivity index (χ0v) is 7.07. The van der Waals surface area contributed by atoms with Crippen molar-refractivity contribution in [1.82, 2.24) is 14.5 Å². The Labute approximate surface area is 68.3 Å². The van der Waals surface area contributed by atoms with Crippen LogP contribution in [0.15, 0.2) is 4.79 Å². The lowest BCUT2D eigenvalue weighted by molar-refractivity contribution is 0.0906. The smallest absolute Gasteiger partial charge is 0.386 e. The summed E-state index contributed by atoms with van der Waals surface area (Å²) in [5.41, 5.74) is -0.581. The molecule has 1 aromatic rings. The maximum atomic E-state index is 11.2. The van der Waals surface area contributed by atoms with Gasteiger partial charge < -0.3 is 4.84 Å². The molecule has 1 heterocycles. The molecule has 0 unspecified atom stereocenters. The second-order valence-corrected chi connectivity index (χ2v) is 2.24. The normalized spacial score (nSPS) is 9.92. The van der Waals surface area contributed by atoms with E-state index in [1.807, 2.05) is 0 Å². The van der Waals surface area contributed by atoms with Gasteiger partial charge >= 0.3 is 5.69 Å². The van der Waals surface area contributed by atoms with Crippen LogP contribution in [-0.2, 0) is 0 Å². The lowest BCUT2D eigenvalue weighted by Gasteiger charge is -1.95. The molecule has 0 N–H and O–H groups in total. The third kappa shape index (κ3) is 1.11. The van der Waals surface area contributed by atoms with Crippen molar-refractivity contribution in [2.24, 2.45) is 0 Å². The first-order valence-corrected chi connectivity index (χ1v) is 3.32. The summed E-state index contributed by atoms with van der Waals surface area (Å²) < 4.78 is 1.69. The van der Waals surface area contributed by atoms with Gasteiger partial charge in [-0.2, -0.15) is 0 Å². The van der Waals surface area contributed by atoms with Crippen LogP contribution in [0.3, 0.4) is 0 Å². The fourth-order valence-electron chi connectivity index (χ4n) is 0.868. The molecule has 6 heteroatoms. The van der Waals surface area contributed by atoms with Crippen molar-refractivity contribution >= 4 is 5.91 Å². The van der Waals surface area contributed by atoms with E-state index < -0.39 is 11.6 Å². The second kappa shape index (κ2) is 2.80. The van der Waals surface area contributed by atoms with E-state index in [2.05, 4.69) is 9.94 Å². The summed E-state index contributed by atoms with van der Waals surface area (Å²) in [6.07, 6.45) is 0. The number of nitrogens with zero attached hydrogens (tertiary/aromatic N) is 3. The van der Waals surface area contributed by atoms with Crippen LogP contribution in [0.5, 0.6) is 0 Å². The highest BCUT2D eigenvalue weighted by Gasteiger charge is 2.12. The Morgan fingerprint density at radius 1 is 1.58 bits per heavy atom. The SMILES string of the molecule is COn1c(C)nn(C(C)=O)c1=O. The lowest BCUT2D eigenvalue weighted by atomic mass is 10.7. The van der Waals surface area contributed by atoms with E-state index in [-0.39, 0.29) is 0 Å². The molecule has 1 rings (SSSR count). The summed E-state index contributed by atoms with van der Waals surface area (Å²) in [6.45, 7) is 2.83. The zero-order chi connectivity index (χ0) is 9.30. The highest BCUT2D eigenvalue weighted by Crippen LogP contribution is 1.85. The van der Waals surface area contributed by atoms with E-state index in [9.17, 15) is 9.59 Å². The van der Waals surface area contributed by atoms with E-state index in [1.165, 1.54) is 14.0 Å². The van der Waals surface area contributed by atoms with Crippen LogP contribution in [-0.4, -0.2) is 27.5 Å². The molecule has 12 heavy (non-hydrogen) atoms. The number of aromatic nitrogens is 3. The second-order valence-electron chi connectivity index (χ2n) is 2.24. The summed E-state index contributed by atoms with van der Waals surface area (Å²) in [4.78, 5) is 26.6. The lowest BCUT2D eigenvalue weighted by Crippen LogP contribution is -2.30. The van der Waals surface area contributed by atoms with Gasteiger partial charge in [0.2, 0.25) is 5.91 Å². The van der Waals surface area contributed by atoms with Crippen LogP contribution < -0.4 is 10.5 Å². The largest absolute Gasteiger partial charge is 0.411 e. The van der Waals surface area contributed by atoms with E-state index in [0.717, 1.165) is 9.41 Å². The minimum absolute atomic E-state index is 0.345. The number of aryl methyl sites for hydroxylation is 1. The Balaban J connectivity index is 3.37. The summed E-state index contributed by atoms with van der Waals surface area (Å²) in [7, 11) is 1.33. The topological polar surface area (TPSA) is 66.1 Å². The van der Waals surface area contributed by atoms with Gasteiger partial charge in [0.1, 0.15) is 7.11 Å². The van der Waals surface area contributed by atoms with Gasteiger partial charge in [-0.25, -0.2) is 4.79 Å². The van der Waals surface area contributed by atoms with E-state index in [4.69, 9.17) is 0 Å². The van der Waals surface area contributed by atoms with Crippen molar-refractivity contribution in [1.29, 1.82) is 0 Å². The highest BCUT2D eigenvalue weighted by atomic mass is 16.7. The molecule has 0 amide bonds. The third-order valence-electron chi connectivity index (χ3n) is 1.37. The van der Waals surface area contributed by atoms with Gasteiger partial charge in [-0.3, -0.25) is 4.79 Å². The van der Waals surface area contributed by atoms with Gasteiger partial charge in [0.25, 0.3) is 0 Å². The molecule has 0 aliphatic carbocycles. The Bertz CT molecular complexity index is 363. The number of hydrogen-bond donors (Lipinski definition) is 0. The van der Waals surface area contributed by atoms with Gasteiger partial charge in [-0.1, -0.05) is 0 Å². The fourth-order valence-corrected chi connectivity index (χ4v) is 0.868. The average Bonchev–Trinajstić information content (AvgIpc) is 2.27. The molecule has 0 saturated carbocycles. The monoisotopic (exact) mass is 171 g/mol. The molecule has 1 aromatic heterocycles. The first-order valence-electron chi connectivity index (χ1n) is 3.32. The first kappa shape index (κ1) is 8.51. The van der Waals surface area contributed by atoms with Crippen LogP contribution in [0.1, 0.15) is 17.5 Å². The van der Waals surface area contributed by atoms with Crippen LogP contribution in [0.2, 0.25) is 0 Å². The summed E-state index contributed by atoms with van der Waals surface area (Å²) in [5.74, 6) is -0.0865. The molecule has 0 aliphatic rings. The highest BCUT2D eigenvalue weighted by molar-refractivity contribution is 5.74. The molecule has 0 aliphatic heterocycles. The van der Waals surface area contributed by atoms with E-state index in [0.29, 0.717) is 5.82 Å². The average molecular weight is 171 g/mol. The zero-order valence-electron chi connectivity index (χ0n) is 7.07. The first-order chi connectivity index (χ1) is 5.57. The quantitative estimate of drug-likeness (QED) is 0.547. The van der Waals surface area contributed by atoms with Crippen LogP contribution in [0.25, 0.3) is 0 Å². The summed E-state index contributed by atoms with van der Waals surface area (Å²) in [6, 6.07) is 0. The molecule has 0 fully saturated rings. The van der Waals surface area contributed by atoms with Crippen LogP contribution >= 0.6 is 0 Å². The third-order valence-corrected chi connectivity index (χ3v) is 1.37. The van der Waals surface area contributed by atoms with Gasteiger partial charge in [0.15, 0.2) is 5.82 Å². The van der Waals surface area contributed by atoms with Crippen LogP contribution in [0.4, 0.5) is 0 Å². The van der Waals surface area contributed by atoms with E-state index in [1.54, 1.807) is 6.92 Å². The van der Waals surface area contributed by atoms with Gasteiger partial charge in [0.05, 0.1) is 0 Å². The number of hydrogen-bond acceptors (Lipinski definition) is 4. The summed E-state index contributed by atoms with van der Waals surface area (Å²) >= 11 is 0. The van der Waals surface area contributed by atoms with Crippen molar-refractivity contribution in [3.63, 3.8) is 0 Å². The number of rotatable bonds is 1. The molecule has 0 atom stereocenters. The molecule has 6 nitrogen and oxygen atoms in total. The number of carbonyl (C=O) groups is 1. The fraction of sp³-hybridized carbons (Fsp3) is 0.500. The Morgan fingerprint density at radius 3 is 2.42 bits per heavy atom. The van der Waals surface area contributed by atoms with Gasteiger partial charge in [0, 0.05) is 6.92 Å². The molecular formula is C6H9N3O3. The summed E-state index contributed by atoms with van der Waals surface area (Å²) in [5, 5.41) is 3.67. The molecule has 66 valence electrons. The predicted molar refractivity (Wildman–Crippen MR) is 40.0 cm³/mol. The minimum Gasteiger partial charge on any atom is -0.411 e. The Kier molecular flexibility index (Phi) is 1.99. The molecule has 0 saturated heterocycles. The maximum Gasteiger partial charge on any atom is 0.386 e. The maximum absolute atomic E-state index is 11.2. The number of carbonyl (C=O) groups excluding carboxylic acids is 1. The van der Waals surface area contributed by atoms with Gasteiger partial charge in [-0.05, 0) is 6.92 Å². The Morgan fingerprint density at radius 2 is 2.17 bits per heavy atom. The van der Waals surface area contributed by atoms with Crippen LogP contribution in [0, 0.1) is 6.92 Å². The van der Waals surface area contributed by atoms with E-state index >= 15 is 0 Å². The molecule has 0 bridgehead atoms. The van der Waals surface area contributed by atoms with Crippen molar-refractivity contribution in [3.8, 4) is 0 Å².